The topological polar surface area (TPSA) is 81.1 Å². The quantitative estimate of drug-likeness (QED) is 0.705. The molecule has 0 aliphatic rings. The highest BCUT2D eigenvalue weighted by Crippen LogP contribution is 2.32. The number of aromatic nitrogens is 2. The molecule has 0 saturated carbocycles. The lowest BCUT2D eigenvalue weighted by molar-refractivity contribution is 0.0977. The molecular formula is C15H11Cl2N3O3S2. The van der Waals surface area contributed by atoms with Crippen molar-refractivity contribution in [2.75, 3.05) is 0 Å². The van der Waals surface area contributed by atoms with E-state index in [2.05, 4.69) is 4.98 Å². The predicted octanol–water partition coefficient (Wildman–Crippen LogP) is 3.57. The molecule has 1 N–H and O–H groups in total. The van der Waals surface area contributed by atoms with Crippen LogP contribution in [0.4, 0.5) is 0 Å². The second-order valence-electron chi connectivity index (χ2n) is 5.02. The maximum atomic E-state index is 12.3. The molecule has 2 aromatic heterocycles. The van der Waals surface area contributed by atoms with Crippen LogP contribution >= 0.6 is 34.5 Å². The van der Waals surface area contributed by atoms with E-state index in [0.29, 0.717) is 15.7 Å². The number of imidazole rings is 1. The van der Waals surface area contributed by atoms with Gasteiger partial charge in [0, 0.05) is 13.2 Å². The predicted molar refractivity (Wildman–Crippen MR) is 97.6 cm³/mol. The maximum Gasteiger partial charge on any atom is 0.285 e. The van der Waals surface area contributed by atoms with Gasteiger partial charge in [-0.1, -0.05) is 35.3 Å². The summed E-state index contributed by atoms with van der Waals surface area (Å²) in [6, 6.07) is 7.57. The average molecular weight is 416 g/mol. The fraction of sp³-hybridized carbons (Fsp3) is 0.0667. The van der Waals surface area contributed by atoms with Crippen molar-refractivity contribution in [1.29, 1.82) is 0 Å². The SMILES string of the molecule is Cn1cc(C(=O)NS(=O)(=O)c2ccccc2Cl)nc1-c1sccc1Cl. The number of nitrogens with zero attached hydrogens (tertiary/aromatic N) is 2. The highest BCUT2D eigenvalue weighted by atomic mass is 35.5. The van der Waals surface area contributed by atoms with E-state index in [1.807, 2.05) is 4.72 Å². The van der Waals surface area contributed by atoms with E-state index in [1.54, 1.807) is 29.1 Å². The Balaban J connectivity index is 1.90. The van der Waals surface area contributed by atoms with Crippen molar-refractivity contribution in [3.63, 3.8) is 0 Å². The van der Waals surface area contributed by atoms with Crippen LogP contribution in [0.2, 0.25) is 10.0 Å². The number of carbonyl (C=O) groups is 1. The molecule has 2 heterocycles. The van der Waals surface area contributed by atoms with Crippen LogP contribution in [0.1, 0.15) is 10.5 Å². The molecule has 130 valence electrons. The van der Waals surface area contributed by atoms with Gasteiger partial charge in [0.25, 0.3) is 15.9 Å². The first-order valence-electron chi connectivity index (χ1n) is 6.88. The molecule has 3 aromatic rings. The van der Waals surface area contributed by atoms with Crippen LogP contribution in [-0.2, 0) is 17.1 Å². The maximum absolute atomic E-state index is 12.3. The van der Waals surface area contributed by atoms with Crippen LogP contribution in [0.5, 0.6) is 0 Å². The molecule has 0 aliphatic carbocycles. The molecule has 1 aromatic carbocycles. The molecule has 0 bridgehead atoms. The summed E-state index contributed by atoms with van der Waals surface area (Å²) in [5.74, 6) is -0.380. The zero-order valence-corrected chi connectivity index (χ0v) is 15.9. The van der Waals surface area contributed by atoms with Crippen molar-refractivity contribution < 1.29 is 13.2 Å². The molecule has 0 unspecified atom stereocenters. The summed E-state index contributed by atoms with van der Waals surface area (Å²) in [6.45, 7) is 0. The molecule has 0 radical (unpaired) electrons. The number of thiophene rings is 1. The van der Waals surface area contributed by atoms with Crippen LogP contribution in [0.15, 0.2) is 46.8 Å². The van der Waals surface area contributed by atoms with Gasteiger partial charge in [-0.25, -0.2) is 18.1 Å². The number of rotatable bonds is 4. The van der Waals surface area contributed by atoms with Crippen LogP contribution in [0.25, 0.3) is 10.7 Å². The molecule has 0 fully saturated rings. The van der Waals surface area contributed by atoms with Crippen LogP contribution < -0.4 is 4.72 Å². The van der Waals surface area contributed by atoms with Gasteiger partial charge >= 0.3 is 0 Å². The third-order valence-corrected chi connectivity index (χ3v) is 6.45. The van der Waals surface area contributed by atoms with Gasteiger partial charge in [-0.15, -0.1) is 11.3 Å². The lowest BCUT2D eigenvalue weighted by atomic mass is 10.4. The number of hydrogen-bond donors (Lipinski definition) is 1. The van der Waals surface area contributed by atoms with Crippen LogP contribution in [-0.4, -0.2) is 23.9 Å². The second-order valence-corrected chi connectivity index (χ2v) is 8.40. The Bertz CT molecular complexity index is 1060. The standard InChI is InChI=1S/C15H11Cl2N3O3S2/c1-20-8-11(18-14(20)13-10(17)6-7-24-13)15(21)19-25(22,23)12-5-3-2-4-9(12)16/h2-8H,1H3,(H,19,21). The number of halogens is 2. The van der Waals surface area contributed by atoms with Gasteiger partial charge in [0.15, 0.2) is 5.82 Å². The largest absolute Gasteiger partial charge is 0.332 e. The van der Waals surface area contributed by atoms with E-state index in [1.165, 1.54) is 35.7 Å². The van der Waals surface area contributed by atoms with E-state index in [4.69, 9.17) is 23.2 Å². The van der Waals surface area contributed by atoms with E-state index < -0.39 is 15.9 Å². The highest BCUT2D eigenvalue weighted by molar-refractivity contribution is 7.90. The molecular weight excluding hydrogens is 405 g/mol. The second kappa shape index (κ2) is 6.80. The summed E-state index contributed by atoms with van der Waals surface area (Å²) >= 11 is 13.3. The lowest BCUT2D eigenvalue weighted by Crippen LogP contribution is -2.31. The number of hydrogen-bond acceptors (Lipinski definition) is 5. The van der Waals surface area contributed by atoms with E-state index in [-0.39, 0.29) is 15.6 Å². The zero-order valence-electron chi connectivity index (χ0n) is 12.7. The molecule has 0 saturated heterocycles. The summed E-state index contributed by atoms with van der Waals surface area (Å²) in [5, 5.41) is 2.33. The molecule has 0 aliphatic heterocycles. The van der Waals surface area contributed by atoms with Gasteiger partial charge in [-0.3, -0.25) is 4.79 Å². The Morgan fingerprint density at radius 1 is 1.20 bits per heavy atom. The first kappa shape index (κ1) is 17.9. The summed E-state index contributed by atoms with van der Waals surface area (Å²) in [6.07, 6.45) is 1.43. The Hall–Kier alpha value is -1.87. The number of benzene rings is 1. The first-order valence-corrected chi connectivity index (χ1v) is 10.00. The van der Waals surface area contributed by atoms with Gasteiger partial charge < -0.3 is 4.57 Å². The number of sulfonamides is 1. The minimum atomic E-state index is -4.11. The average Bonchev–Trinajstić information content (AvgIpc) is 3.12. The lowest BCUT2D eigenvalue weighted by Gasteiger charge is -2.06. The van der Waals surface area contributed by atoms with Gasteiger partial charge in [-0.2, -0.15) is 0 Å². The van der Waals surface area contributed by atoms with Crippen molar-refractivity contribution in [3.8, 4) is 10.7 Å². The zero-order chi connectivity index (χ0) is 18.2. The highest BCUT2D eigenvalue weighted by Gasteiger charge is 2.24. The molecule has 0 atom stereocenters. The summed E-state index contributed by atoms with van der Waals surface area (Å²) in [5.41, 5.74) is -0.0439. The summed E-state index contributed by atoms with van der Waals surface area (Å²) < 4.78 is 28.3. The monoisotopic (exact) mass is 415 g/mol. The summed E-state index contributed by atoms with van der Waals surface area (Å²) in [7, 11) is -2.42. The fourth-order valence-electron chi connectivity index (χ4n) is 2.13. The van der Waals surface area contributed by atoms with Crippen molar-refractivity contribution >= 4 is 50.5 Å². The molecule has 6 nitrogen and oxygen atoms in total. The van der Waals surface area contributed by atoms with Gasteiger partial charge in [0.2, 0.25) is 0 Å². The van der Waals surface area contributed by atoms with Gasteiger partial charge in [0.1, 0.15) is 10.6 Å². The molecule has 3 rings (SSSR count). The van der Waals surface area contributed by atoms with Crippen LogP contribution in [0.3, 0.4) is 0 Å². The Morgan fingerprint density at radius 2 is 1.92 bits per heavy atom. The number of nitrogens with one attached hydrogen (secondary N) is 1. The van der Waals surface area contributed by atoms with Crippen molar-refractivity contribution in [3.05, 3.63) is 57.6 Å². The molecule has 0 spiro atoms. The van der Waals surface area contributed by atoms with Crippen molar-refractivity contribution in [1.82, 2.24) is 14.3 Å². The van der Waals surface area contributed by atoms with E-state index >= 15 is 0 Å². The minimum absolute atomic E-state index is 0.0230. The van der Waals surface area contributed by atoms with Crippen molar-refractivity contribution in [2.45, 2.75) is 4.90 Å². The number of carbonyl (C=O) groups excluding carboxylic acids is 1. The first-order chi connectivity index (χ1) is 11.8. The third-order valence-electron chi connectivity index (χ3n) is 3.28. The summed E-state index contributed by atoms with van der Waals surface area (Å²) in [4.78, 5) is 17.0. The van der Waals surface area contributed by atoms with Crippen molar-refractivity contribution in [2.24, 2.45) is 7.05 Å². The fourth-order valence-corrected chi connectivity index (χ4v) is 4.79. The van der Waals surface area contributed by atoms with Gasteiger partial charge in [0.05, 0.1) is 14.9 Å². The van der Waals surface area contributed by atoms with Gasteiger partial charge in [-0.05, 0) is 23.6 Å². The smallest absolute Gasteiger partial charge is 0.285 e. The molecule has 1 amide bonds. The number of amides is 1. The minimum Gasteiger partial charge on any atom is -0.332 e. The Morgan fingerprint density at radius 3 is 2.56 bits per heavy atom. The Labute approximate surface area is 158 Å². The van der Waals surface area contributed by atoms with E-state index in [0.717, 1.165) is 0 Å². The third kappa shape index (κ3) is 3.57. The van der Waals surface area contributed by atoms with E-state index in [9.17, 15) is 13.2 Å². The molecule has 25 heavy (non-hydrogen) atoms. The molecule has 10 heteroatoms. The van der Waals surface area contributed by atoms with Crippen LogP contribution in [0, 0.1) is 0 Å². The number of aryl methyl sites for hydroxylation is 1. The Kier molecular flexibility index (Phi) is 4.88. The normalized spacial score (nSPS) is 11.5.